The number of piperidine rings is 1. The molecule has 1 aromatic heterocycles. The first-order valence-corrected chi connectivity index (χ1v) is 6.95. The van der Waals surface area contributed by atoms with Crippen molar-refractivity contribution in [3.8, 4) is 0 Å². The van der Waals surface area contributed by atoms with E-state index < -0.39 is 0 Å². The van der Waals surface area contributed by atoms with Crippen molar-refractivity contribution in [1.29, 1.82) is 0 Å². The van der Waals surface area contributed by atoms with Gasteiger partial charge in [0, 0.05) is 18.3 Å². The Kier molecular flexibility index (Phi) is 3.85. The van der Waals surface area contributed by atoms with Crippen LogP contribution in [0.15, 0.2) is 12.1 Å². The molecule has 1 aromatic rings. The van der Waals surface area contributed by atoms with Gasteiger partial charge in [0.1, 0.15) is 10.8 Å². The summed E-state index contributed by atoms with van der Waals surface area (Å²) in [5.74, 6) is 1.64. The van der Waals surface area contributed by atoms with Crippen molar-refractivity contribution in [2.75, 3.05) is 11.4 Å². The highest BCUT2D eigenvalue weighted by molar-refractivity contribution is 7.80. The van der Waals surface area contributed by atoms with Crippen LogP contribution >= 0.6 is 12.2 Å². The molecule has 2 N–H and O–H groups in total. The topological polar surface area (TPSA) is 42.1 Å². The Morgan fingerprint density at radius 1 is 1.44 bits per heavy atom. The van der Waals surface area contributed by atoms with E-state index in [2.05, 4.69) is 23.7 Å². The lowest BCUT2D eigenvalue weighted by molar-refractivity contribution is 0.361. The molecule has 1 fully saturated rings. The second-order valence-electron chi connectivity index (χ2n) is 5.24. The molecule has 98 valence electrons. The van der Waals surface area contributed by atoms with Crippen LogP contribution in [-0.2, 0) is 0 Å². The van der Waals surface area contributed by atoms with Crippen LogP contribution in [-0.4, -0.2) is 22.6 Å². The number of nitrogens with two attached hydrogens (primary N) is 1. The van der Waals surface area contributed by atoms with E-state index in [1.165, 1.54) is 12.8 Å². The molecule has 0 spiro atoms. The van der Waals surface area contributed by atoms with Crippen LogP contribution < -0.4 is 10.6 Å². The van der Waals surface area contributed by atoms with E-state index in [4.69, 9.17) is 18.0 Å². The van der Waals surface area contributed by atoms with Gasteiger partial charge in [-0.3, -0.25) is 0 Å². The highest BCUT2D eigenvalue weighted by atomic mass is 32.1. The summed E-state index contributed by atoms with van der Waals surface area (Å²) in [7, 11) is 0. The minimum absolute atomic E-state index is 0.433. The summed E-state index contributed by atoms with van der Waals surface area (Å²) in [5.41, 5.74) is 7.73. The molecule has 1 saturated heterocycles. The van der Waals surface area contributed by atoms with E-state index in [0.29, 0.717) is 16.9 Å². The number of aryl methyl sites for hydroxylation is 1. The van der Waals surface area contributed by atoms with Gasteiger partial charge in [-0.25, -0.2) is 4.98 Å². The summed E-state index contributed by atoms with van der Waals surface area (Å²) < 4.78 is 0. The van der Waals surface area contributed by atoms with Crippen molar-refractivity contribution in [1.82, 2.24) is 4.98 Å². The average molecular weight is 263 g/mol. The van der Waals surface area contributed by atoms with Gasteiger partial charge in [0.2, 0.25) is 0 Å². The largest absolute Gasteiger partial charge is 0.389 e. The smallest absolute Gasteiger partial charge is 0.139 e. The molecule has 1 aliphatic rings. The van der Waals surface area contributed by atoms with Gasteiger partial charge in [-0.2, -0.15) is 0 Å². The van der Waals surface area contributed by atoms with Crippen LogP contribution in [0.2, 0.25) is 0 Å². The van der Waals surface area contributed by atoms with Crippen LogP contribution in [0.4, 0.5) is 5.82 Å². The first kappa shape index (κ1) is 13.3. The zero-order valence-electron chi connectivity index (χ0n) is 11.3. The van der Waals surface area contributed by atoms with Crippen molar-refractivity contribution in [2.45, 2.75) is 39.7 Å². The first-order chi connectivity index (χ1) is 8.50. The maximum absolute atomic E-state index is 5.82. The molecular formula is C14H21N3S. The fraction of sp³-hybridized carbons (Fsp3) is 0.571. The van der Waals surface area contributed by atoms with Crippen LogP contribution in [0, 0.1) is 12.8 Å². The van der Waals surface area contributed by atoms with Crippen LogP contribution in [0.3, 0.4) is 0 Å². The highest BCUT2D eigenvalue weighted by Crippen LogP contribution is 2.29. The molecule has 0 aromatic carbocycles. The summed E-state index contributed by atoms with van der Waals surface area (Å²) in [6.45, 7) is 7.60. The Labute approximate surface area is 114 Å². The quantitative estimate of drug-likeness (QED) is 0.833. The molecule has 2 unspecified atom stereocenters. The number of aromatic nitrogens is 1. The summed E-state index contributed by atoms with van der Waals surface area (Å²) in [6, 6.07) is 4.45. The Hall–Kier alpha value is -1.16. The predicted molar refractivity (Wildman–Crippen MR) is 80.1 cm³/mol. The fourth-order valence-corrected chi connectivity index (χ4v) is 2.75. The van der Waals surface area contributed by atoms with Crippen molar-refractivity contribution in [3.63, 3.8) is 0 Å². The molecule has 2 atom stereocenters. The van der Waals surface area contributed by atoms with Crippen molar-refractivity contribution < 1.29 is 0 Å². The number of thiocarbonyl (C=S) groups is 1. The molecule has 2 heterocycles. The molecule has 0 bridgehead atoms. The molecule has 0 aliphatic carbocycles. The molecule has 0 radical (unpaired) electrons. The standard InChI is InChI=1S/C14H21N3S/c1-9-5-4-8-17(11(9)3)14-12(13(15)18)7-6-10(2)16-14/h6-7,9,11H,4-5,8H2,1-3H3,(H2,15,18). The molecular weight excluding hydrogens is 242 g/mol. The maximum Gasteiger partial charge on any atom is 0.139 e. The third kappa shape index (κ3) is 2.48. The monoisotopic (exact) mass is 263 g/mol. The van der Waals surface area contributed by atoms with Crippen molar-refractivity contribution in [2.24, 2.45) is 11.7 Å². The van der Waals surface area contributed by atoms with Gasteiger partial charge in [-0.1, -0.05) is 19.1 Å². The Morgan fingerprint density at radius 2 is 2.17 bits per heavy atom. The van der Waals surface area contributed by atoms with Gasteiger partial charge >= 0.3 is 0 Å². The molecule has 2 rings (SSSR count). The lowest BCUT2D eigenvalue weighted by Gasteiger charge is -2.39. The van der Waals surface area contributed by atoms with Crippen molar-refractivity contribution >= 4 is 23.0 Å². The van der Waals surface area contributed by atoms with Gasteiger partial charge < -0.3 is 10.6 Å². The van der Waals surface area contributed by atoms with E-state index in [-0.39, 0.29) is 0 Å². The second kappa shape index (κ2) is 5.22. The number of nitrogens with zero attached hydrogens (tertiary/aromatic N) is 2. The van der Waals surface area contributed by atoms with Gasteiger partial charge in [-0.15, -0.1) is 0 Å². The Morgan fingerprint density at radius 3 is 2.83 bits per heavy atom. The molecule has 0 saturated carbocycles. The maximum atomic E-state index is 5.82. The number of anilines is 1. The summed E-state index contributed by atoms with van der Waals surface area (Å²) in [6.07, 6.45) is 2.49. The Balaban J connectivity index is 2.42. The molecule has 0 amide bonds. The van der Waals surface area contributed by atoms with E-state index in [1.807, 2.05) is 19.1 Å². The second-order valence-corrected chi connectivity index (χ2v) is 5.68. The van der Waals surface area contributed by atoms with Crippen molar-refractivity contribution in [3.05, 3.63) is 23.4 Å². The number of pyridine rings is 1. The third-order valence-corrected chi connectivity index (χ3v) is 4.15. The van der Waals surface area contributed by atoms with Gasteiger partial charge in [0.25, 0.3) is 0 Å². The molecule has 4 heteroatoms. The minimum Gasteiger partial charge on any atom is -0.389 e. The lowest BCUT2D eigenvalue weighted by atomic mass is 9.92. The average Bonchev–Trinajstić information content (AvgIpc) is 2.32. The molecule has 3 nitrogen and oxygen atoms in total. The van der Waals surface area contributed by atoms with Crippen LogP contribution in [0.25, 0.3) is 0 Å². The van der Waals surface area contributed by atoms with E-state index >= 15 is 0 Å². The van der Waals surface area contributed by atoms with E-state index in [0.717, 1.165) is 23.6 Å². The van der Waals surface area contributed by atoms with Gasteiger partial charge in [0.05, 0.1) is 5.56 Å². The zero-order valence-corrected chi connectivity index (χ0v) is 12.1. The Bertz CT molecular complexity index is 458. The number of rotatable bonds is 2. The lowest BCUT2D eigenvalue weighted by Crippen LogP contribution is -2.43. The fourth-order valence-electron chi connectivity index (χ4n) is 2.59. The normalized spacial score (nSPS) is 24.1. The van der Waals surface area contributed by atoms with Gasteiger partial charge in [-0.05, 0) is 44.7 Å². The van der Waals surface area contributed by atoms with Crippen LogP contribution in [0.5, 0.6) is 0 Å². The third-order valence-electron chi connectivity index (χ3n) is 3.93. The van der Waals surface area contributed by atoms with Crippen LogP contribution in [0.1, 0.15) is 37.9 Å². The van der Waals surface area contributed by atoms with E-state index in [1.54, 1.807) is 0 Å². The highest BCUT2D eigenvalue weighted by Gasteiger charge is 2.27. The van der Waals surface area contributed by atoms with E-state index in [9.17, 15) is 0 Å². The minimum atomic E-state index is 0.433. The SMILES string of the molecule is Cc1ccc(C(N)=S)c(N2CCCC(C)C2C)n1. The summed E-state index contributed by atoms with van der Waals surface area (Å²) in [5, 5.41) is 0. The zero-order chi connectivity index (χ0) is 13.3. The molecule has 18 heavy (non-hydrogen) atoms. The number of hydrogen-bond acceptors (Lipinski definition) is 3. The summed E-state index contributed by atoms with van der Waals surface area (Å²) in [4.78, 5) is 7.45. The van der Waals surface area contributed by atoms with Gasteiger partial charge in [0.15, 0.2) is 0 Å². The summed E-state index contributed by atoms with van der Waals surface area (Å²) >= 11 is 5.14. The molecule has 1 aliphatic heterocycles. The number of hydrogen-bond donors (Lipinski definition) is 1. The predicted octanol–water partition coefficient (Wildman–Crippen LogP) is 2.65. The first-order valence-electron chi connectivity index (χ1n) is 6.55.